The van der Waals surface area contributed by atoms with Crippen molar-refractivity contribution in [3.05, 3.63) is 65.9 Å². The number of benzene rings is 2. The quantitative estimate of drug-likeness (QED) is 0.262. The fraction of sp³-hybridized carbons (Fsp3) is 0.208. The van der Waals surface area contributed by atoms with Crippen molar-refractivity contribution < 1.29 is 23.8 Å². The molecule has 0 N–H and O–H groups in total. The third kappa shape index (κ3) is 4.35. The number of hydrogen-bond acceptors (Lipinski definition) is 6. The smallest absolute Gasteiger partial charge is 0.341 e. The van der Waals surface area contributed by atoms with E-state index in [0.717, 1.165) is 11.3 Å². The molecule has 0 saturated heterocycles. The molecule has 2 heterocycles. The van der Waals surface area contributed by atoms with Crippen molar-refractivity contribution in [1.29, 1.82) is 0 Å². The van der Waals surface area contributed by atoms with Crippen molar-refractivity contribution in [2.24, 2.45) is 0 Å². The van der Waals surface area contributed by atoms with Crippen LogP contribution in [0.5, 0.6) is 11.5 Å². The number of ether oxygens (including phenoxy) is 3. The first-order chi connectivity index (χ1) is 15.1. The predicted molar refractivity (Wildman–Crippen MR) is 115 cm³/mol. The number of nitrogens with zero attached hydrogens (tertiary/aromatic N) is 2. The third-order valence-corrected chi connectivity index (χ3v) is 4.75. The molecule has 0 bridgehead atoms. The summed E-state index contributed by atoms with van der Waals surface area (Å²) in [6.45, 7) is 4.20. The molecular formula is C24H22N2O5. The normalized spacial score (nSPS) is 13.0. The molecule has 1 aliphatic rings. The zero-order valence-electron chi connectivity index (χ0n) is 17.3. The van der Waals surface area contributed by atoms with E-state index < -0.39 is 5.97 Å². The van der Waals surface area contributed by atoms with Gasteiger partial charge < -0.3 is 14.2 Å². The molecule has 0 saturated carbocycles. The summed E-state index contributed by atoms with van der Waals surface area (Å²) in [5.74, 6) is 0.269. The van der Waals surface area contributed by atoms with E-state index in [2.05, 4.69) is 0 Å². The molecule has 0 aliphatic carbocycles. The minimum atomic E-state index is -0.657. The Balaban J connectivity index is 1.85. The molecule has 4 rings (SSSR count). The van der Waals surface area contributed by atoms with Crippen molar-refractivity contribution in [1.82, 2.24) is 9.78 Å². The SMILES string of the molecule is CCOC(=O)/C(=C/c1cn(-c2ccccc2)nc1-c1ccc2c(c1)OCCO2)C(C)=O. The first-order valence-corrected chi connectivity index (χ1v) is 10.0. The first kappa shape index (κ1) is 20.4. The maximum atomic E-state index is 12.3. The second-order valence-corrected chi connectivity index (χ2v) is 6.91. The van der Waals surface area contributed by atoms with E-state index in [1.54, 1.807) is 17.8 Å². The number of Topliss-reactive ketones (excluding diaryl/α,β-unsaturated/α-hetero) is 1. The van der Waals surface area contributed by atoms with E-state index >= 15 is 0 Å². The lowest BCUT2D eigenvalue weighted by molar-refractivity contribution is -0.139. The minimum Gasteiger partial charge on any atom is -0.486 e. The van der Waals surface area contributed by atoms with Crippen molar-refractivity contribution in [3.8, 4) is 28.4 Å². The van der Waals surface area contributed by atoms with Crippen LogP contribution < -0.4 is 9.47 Å². The van der Waals surface area contributed by atoms with Gasteiger partial charge in [-0.15, -0.1) is 0 Å². The minimum absolute atomic E-state index is 0.0340. The molecule has 1 aliphatic heterocycles. The Morgan fingerprint density at radius 3 is 2.55 bits per heavy atom. The van der Waals surface area contributed by atoms with Gasteiger partial charge in [0.15, 0.2) is 17.3 Å². The topological polar surface area (TPSA) is 79.7 Å². The van der Waals surface area contributed by atoms with Crippen molar-refractivity contribution >= 4 is 17.8 Å². The van der Waals surface area contributed by atoms with Gasteiger partial charge in [-0.05, 0) is 50.3 Å². The van der Waals surface area contributed by atoms with Crippen LogP contribution in [0.3, 0.4) is 0 Å². The second kappa shape index (κ2) is 8.87. The summed E-state index contributed by atoms with van der Waals surface area (Å²) in [5.41, 5.74) is 2.80. The standard InChI is InChI=1S/C24H22N2O5/c1-3-29-24(28)20(16(2)27)13-18-15-26(19-7-5-4-6-8-19)25-23(18)17-9-10-21-22(14-17)31-12-11-30-21/h4-10,13-15H,3,11-12H2,1-2H3/b20-13+. The number of hydrogen-bond donors (Lipinski definition) is 0. The second-order valence-electron chi connectivity index (χ2n) is 6.91. The lowest BCUT2D eigenvalue weighted by Gasteiger charge is -2.18. The molecule has 7 heteroatoms. The van der Waals surface area contributed by atoms with E-state index in [4.69, 9.17) is 19.3 Å². The molecular weight excluding hydrogens is 396 g/mol. The van der Waals surface area contributed by atoms with Crippen LogP contribution in [0.2, 0.25) is 0 Å². The van der Waals surface area contributed by atoms with Crippen LogP contribution in [0.15, 0.2) is 60.3 Å². The number of para-hydroxylation sites is 1. The van der Waals surface area contributed by atoms with Crippen LogP contribution in [0, 0.1) is 0 Å². The van der Waals surface area contributed by atoms with E-state index in [-0.39, 0.29) is 18.0 Å². The Labute approximate surface area is 179 Å². The van der Waals surface area contributed by atoms with Gasteiger partial charge in [0.05, 0.1) is 12.3 Å². The monoisotopic (exact) mass is 418 g/mol. The van der Waals surface area contributed by atoms with Gasteiger partial charge in [0.1, 0.15) is 24.5 Å². The fourth-order valence-corrected chi connectivity index (χ4v) is 3.29. The van der Waals surface area contributed by atoms with Crippen LogP contribution >= 0.6 is 0 Å². The number of rotatable bonds is 6. The molecule has 1 aromatic heterocycles. The largest absolute Gasteiger partial charge is 0.486 e. The van der Waals surface area contributed by atoms with Crippen molar-refractivity contribution in [2.45, 2.75) is 13.8 Å². The van der Waals surface area contributed by atoms with E-state index in [1.807, 2.05) is 48.5 Å². The van der Waals surface area contributed by atoms with E-state index in [9.17, 15) is 9.59 Å². The maximum Gasteiger partial charge on any atom is 0.341 e. The lowest BCUT2D eigenvalue weighted by Crippen LogP contribution is -2.15. The first-order valence-electron chi connectivity index (χ1n) is 10.0. The zero-order chi connectivity index (χ0) is 21.8. The molecule has 158 valence electrons. The number of carbonyl (C=O) groups excluding carboxylic acids is 2. The molecule has 3 aromatic rings. The van der Waals surface area contributed by atoms with Gasteiger partial charge >= 0.3 is 5.97 Å². The molecule has 0 spiro atoms. The van der Waals surface area contributed by atoms with Gasteiger partial charge in [-0.1, -0.05) is 18.2 Å². The molecule has 0 unspecified atom stereocenters. The number of esters is 1. The van der Waals surface area contributed by atoms with E-state index in [0.29, 0.717) is 36.0 Å². The van der Waals surface area contributed by atoms with E-state index in [1.165, 1.54) is 13.0 Å². The number of aromatic nitrogens is 2. The average molecular weight is 418 g/mol. The fourth-order valence-electron chi connectivity index (χ4n) is 3.29. The summed E-state index contributed by atoms with van der Waals surface area (Å²) in [5, 5.41) is 4.73. The molecule has 7 nitrogen and oxygen atoms in total. The van der Waals surface area contributed by atoms with Gasteiger partial charge in [-0.25, -0.2) is 9.48 Å². The van der Waals surface area contributed by atoms with Gasteiger partial charge in [-0.3, -0.25) is 4.79 Å². The summed E-state index contributed by atoms with van der Waals surface area (Å²) in [6.07, 6.45) is 3.31. The van der Waals surface area contributed by atoms with Gasteiger partial charge in [-0.2, -0.15) is 5.10 Å². The van der Waals surface area contributed by atoms with Crippen LogP contribution in [0.1, 0.15) is 19.4 Å². The summed E-state index contributed by atoms with van der Waals surface area (Å²) in [7, 11) is 0. The lowest BCUT2D eigenvalue weighted by atomic mass is 10.0. The predicted octanol–water partition coefficient (Wildman–Crippen LogP) is 3.85. The highest BCUT2D eigenvalue weighted by Gasteiger charge is 2.20. The summed E-state index contributed by atoms with van der Waals surface area (Å²) < 4.78 is 18.1. The highest BCUT2D eigenvalue weighted by atomic mass is 16.6. The molecule has 0 atom stereocenters. The van der Waals surface area contributed by atoms with Crippen molar-refractivity contribution in [2.75, 3.05) is 19.8 Å². The van der Waals surface area contributed by atoms with Gasteiger partial charge in [0.2, 0.25) is 0 Å². The van der Waals surface area contributed by atoms with Gasteiger partial charge in [0, 0.05) is 17.3 Å². The van der Waals surface area contributed by atoms with Gasteiger partial charge in [0.25, 0.3) is 0 Å². The maximum absolute atomic E-state index is 12.3. The Morgan fingerprint density at radius 2 is 1.84 bits per heavy atom. The Bertz CT molecular complexity index is 1150. The number of fused-ring (bicyclic) bond motifs is 1. The zero-order valence-corrected chi connectivity index (χ0v) is 17.3. The summed E-state index contributed by atoms with van der Waals surface area (Å²) in [4.78, 5) is 24.5. The molecule has 0 fully saturated rings. The molecule has 0 amide bonds. The Hall–Kier alpha value is -3.87. The van der Waals surface area contributed by atoms with Crippen LogP contribution in [-0.2, 0) is 14.3 Å². The van der Waals surface area contributed by atoms with Crippen molar-refractivity contribution in [3.63, 3.8) is 0 Å². The van der Waals surface area contributed by atoms with Crippen LogP contribution in [0.4, 0.5) is 0 Å². The summed E-state index contributed by atoms with van der Waals surface area (Å²) >= 11 is 0. The molecule has 31 heavy (non-hydrogen) atoms. The number of ketones is 1. The third-order valence-electron chi connectivity index (χ3n) is 4.75. The van der Waals surface area contributed by atoms with Crippen LogP contribution in [0.25, 0.3) is 23.0 Å². The summed E-state index contributed by atoms with van der Waals surface area (Å²) in [6, 6.07) is 15.1. The molecule has 2 aromatic carbocycles. The molecule has 0 radical (unpaired) electrons. The van der Waals surface area contributed by atoms with Crippen LogP contribution in [-0.4, -0.2) is 41.4 Å². The Kier molecular flexibility index (Phi) is 5.84. The average Bonchev–Trinajstić information content (AvgIpc) is 3.21. The number of carbonyl (C=O) groups is 2. The highest BCUT2D eigenvalue weighted by molar-refractivity contribution is 6.20. The Morgan fingerprint density at radius 1 is 1.10 bits per heavy atom. The highest BCUT2D eigenvalue weighted by Crippen LogP contribution is 2.36.